The predicted octanol–water partition coefficient (Wildman–Crippen LogP) is 1.91. The molecule has 0 radical (unpaired) electrons. The summed E-state index contributed by atoms with van der Waals surface area (Å²) in [6.45, 7) is -0.0617. The minimum Gasteiger partial charge on any atom is -0.480 e. The van der Waals surface area contributed by atoms with Gasteiger partial charge in [0.05, 0.1) is 15.7 Å². The summed E-state index contributed by atoms with van der Waals surface area (Å²) in [7, 11) is 0. The van der Waals surface area contributed by atoms with Crippen LogP contribution in [0.5, 0.6) is 5.75 Å². The number of nitrogens with one attached hydrogen (secondary N) is 1. The number of hydrogen-bond acceptors (Lipinski definition) is 3. The van der Waals surface area contributed by atoms with Crippen molar-refractivity contribution in [2.75, 3.05) is 17.7 Å². The lowest BCUT2D eigenvalue weighted by Gasteiger charge is -2.20. The Morgan fingerprint density at radius 1 is 1.43 bits per heavy atom. The van der Waals surface area contributed by atoms with Gasteiger partial charge in [-0.15, -0.1) is 0 Å². The number of anilines is 2. The second kappa shape index (κ2) is 3.22. The van der Waals surface area contributed by atoms with Crippen LogP contribution in [0.4, 0.5) is 11.4 Å². The first kappa shape index (κ1) is 9.43. The average molecular weight is 233 g/mol. The highest BCUT2D eigenvalue weighted by Crippen LogP contribution is 2.43. The lowest BCUT2D eigenvalue weighted by atomic mass is 10.2. The summed E-state index contributed by atoms with van der Waals surface area (Å²) >= 11 is 11.6. The fourth-order valence-electron chi connectivity index (χ4n) is 1.19. The van der Waals surface area contributed by atoms with Crippen molar-refractivity contribution in [3.8, 4) is 5.75 Å². The van der Waals surface area contributed by atoms with Crippen LogP contribution in [0, 0.1) is 0 Å². The van der Waals surface area contributed by atoms with Gasteiger partial charge in [0.15, 0.2) is 12.4 Å². The molecule has 0 bridgehead atoms. The Bertz CT molecular complexity index is 420. The van der Waals surface area contributed by atoms with Gasteiger partial charge >= 0.3 is 0 Å². The van der Waals surface area contributed by atoms with Crippen LogP contribution in [0.2, 0.25) is 10.0 Å². The fraction of sp³-hybridized carbons (Fsp3) is 0.125. The van der Waals surface area contributed by atoms with E-state index in [-0.39, 0.29) is 18.2 Å². The van der Waals surface area contributed by atoms with E-state index in [0.29, 0.717) is 21.5 Å². The van der Waals surface area contributed by atoms with Crippen LogP contribution in [-0.4, -0.2) is 12.5 Å². The van der Waals surface area contributed by atoms with Gasteiger partial charge in [0, 0.05) is 0 Å². The third kappa shape index (κ3) is 1.36. The zero-order valence-electron chi connectivity index (χ0n) is 6.93. The van der Waals surface area contributed by atoms with Crippen molar-refractivity contribution in [1.82, 2.24) is 0 Å². The molecule has 0 unspecified atom stereocenters. The van der Waals surface area contributed by atoms with E-state index in [1.165, 1.54) is 6.07 Å². The van der Waals surface area contributed by atoms with Crippen LogP contribution in [-0.2, 0) is 4.79 Å². The second-order valence-corrected chi connectivity index (χ2v) is 3.61. The Hall–Kier alpha value is -1.13. The van der Waals surface area contributed by atoms with Crippen molar-refractivity contribution in [3.05, 3.63) is 16.1 Å². The first-order valence-electron chi connectivity index (χ1n) is 3.79. The standard InChI is InChI=1S/C8H6Cl2N2O2/c9-3-1-4(10)8-7(6(3)11)12-5(13)2-14-8/h1H,2,11H2,(H,12,13). The van der Waals surface area contributed by atoms with E-state index >= 15 is 0 Å². The number of fused-ring (bicyclic) bond motifs is 1. The molecular formula is C8H6Cl2N2O2. The molecule has 2 rings (SSSR count). The lowest BCUT2D eigenvalue weighted by molar-refractivity contribution is -0.118. The van der Waals surface area contributed by atoms with Crippen molar-refractivity contribution in [2.45, 2.75) is 0 Å². The highest BCUT2D eigenvalue weighted by atomic mass is 35.5. The van der Waals surface area contributed by atoms with Crippen LogP contribution in [0.15, 0.2) is 6.07 Å². The highest BCUT2D eigenvalue weighted by molar-refractivity contribution is 6.38. The Morgan fingerprint density at radius 3 is 2.86 bits per heavy atom. The molecule has 1 heterocycles. The lowest BCUT2D eigenvalue weighted by Crippen LogP contribution is -2.26. The van der Waals surface area contributed by atoms with Gasteiger partial charge in [0.25, 0.3) is 5.91 Å². The van der Waals surface area contributed by atoms with E-state index < -0.39 is 0 Å². The molecule has 0 atom stereocenters. The van der Waals surface area contributed by atoms with Crippen LogP contribution in [0.25, 0.3) is 0 Å². The Labute approximate surface area is 89.9 Å². The van der Waals surface area contributed by atoms with Gasteiger partial charge in [-0.2, -0.15) is 0 Å². The number of amides is 1. The largest absolute Gasteiger partial charge is 0.480 e. The SMILES string of the molecule is Nc1c(Cl)cc(Cl)c2c1NC(=O)CO2. The van der Waals surface area contributed by atoms with Gasteiger partial charge in [0.1, 0.15) is 5.69 Å². The Kier molecular flexibility index (Phi) is 2.17. The molecular weight excluding hydrogens is 227 g/mol. The molecule has 74 valence electrons. The maximum absolute atomic E-state index is 11.0. The molecule has 0 fully saturated rings. The van der Waals surface area contributed by atoms with Crippen LogP contribution in [0.3, 0.4) is 0 Å². The molecule has 0 aliphatic carbocycles. The predicted molar refractivity (Wildman–Crippen MR) is 55.0 cm³/mol. The maximum atomic E-state index is 11.0. The molecule has 0 aromatic heterocycles. The maximum Gasteiger partial charge on any atom is 0.262 e. The summed E-state index contributed by atoms with van der Waals surface area (Å²) in [5.74, 6) is 0.0932. The van der Waals surface area contributed by atoms with Gasteiger partial charge < -0.3 is 15.8 Å². The number of benzene rings is 1. The third-order valence-corrected chi connectivity index (χ3v) is 2.43. The van der Waals surface area contributed by atoms with Crippen LogP contribution in [0.1, 0.15) is 0 Å². The summed E-state index contributed by atoms with van der Waals surface area (Å²) in [5.41, 5.74) is 6.26. The van der Waals surface area contributed by atoms with Crippen molar-refractivity contribution in [1.29, 1.82) is 0 Å². The van der Waals surface area contributed by atoms with Gasteiger partial charge in [-0.05, 0) is 6.07 Å². The number of rotatable bonds is 0. The number of halogens is 2. The number of carbonyl (C=O) groups excluding carboxylic acids is 1. The summed E-state index contributed by atoms with van der Waals surface area (Å²) in [6, 6.07) is 1.48. The number of carbonyl (C=O) groups is 1. The zero-order valence-corrected chi connectivity index (χ0v) is 8.45. The van der Waals surface area contributed by atoms with Gasteiger partial charge in [-0.1, -0.05) is 23.2 Å². The zero-order chi connectivity index (χ0) is 10.3. The van der Waals surface area contributed by atoms with E-state index in [1.54, 1.807) is 0 Å². The molecule has 0 saturated carbocycles. The topological polar surface area (TPSA) is 64.3 Å². The van der Waals surface area contributed by atoms with Crippen LogP contribution < -0.4 is 15.8 Å². The highest BCUT2D eigenvalue weighted by Gasteiger charge is 2.22. The quantitative estimate of drug-likeness (QED) is 0.672. The van der Waals surface area contributed by atoms with E-state index in [1.807, 2.05) is 0 Å². The summed E-state index contributed by atoms with van der Waals surface area (Å²) in [4.78, 5) is 11.0. The molecule has 1 aromatic rings. The normalized spacial score (nSPS) is 14.3. The number of nitrogens with two attached hydrogens (primary N) is 1. The molecule has 6 heteroatoms. The minimum atomic E-state index is -0.275. The third-order valence-electron chi connectivity index (χ3n) is 1.84. The van der Waals surface area contributed by atoms with E-state index in [9.17, 15) is 4.79 Å². The first-order valence-corrected chi connectivity index (χ1v) is 4.55. The van der Waals surface area contributed by atoms with Crippen molar-refractivity contribution in [3.63, 3.8) is 0 Å². The Morgan fingerprint density at radius 2 is 2.14 bits per heavy atom. The molecule has 14 heavy (non-hydrogen) atoms. The Balaban J connectivity index is 2.63. The van der Waals surface area contributed by atoms with Crippen molar-refractivity contribution >= 4 is 40.5 Å². The second-order valence-electron chi connectivity index (χ2n) is 2.79. The molecule has 1 aliphatic rings. The summed E-state index contributed by atoms with van der Waals surface area (Å²) < 4.78 is 5.12. The summed E-state index contributed by atoms with van der Waals surface area (Å²) in [5, 5.41) is 3.18. The minimum absolute atomic E-state index is 0.0617. The molecule has 4 nitrogen and oxygen atoms in total. The van der Waals surface area contributed by atoms with Gasteiger partial charge in [-0.25, -0.2) is 0 Å². The molecule has 1 amide bonds. The van der Waals surface area contributed by atoms with E-state index in [0.717, 1.165) is 0 Å². The first-order chi connectivity index (χ1) is 6.59. The van der Waals surface area contributed by atoms with E-state index in [4.69, 9.17) is 33.7 Å². The smallest absolute Gasteiger partial charge is 0.262 e. The van der Waals surface area contributed by atoms with Crippen molar-refractivity contribution in [2.24, 2.45) is 0 Å². The monoisotopic (exact) mass is 232 g/mol. The fourth-order valence-corrected chi connectivity index (χ4v) is 1.71. The average Bonchev–Trinajstić information content (AvgIpc) is 2.14. The molecule has 1 aromatic carbocycles. The van der Waals surface area contributed by atoms with E-state index in [2.05, 4.69) is 5.32 Å². The number of hydrogen-bond donors (Lipinski definition) is 2. The van der Waals surface area contributed by atoms with Crippen molar-refractivity contribution < 1.29 is 9.53 Å². The summed E-state index contributed by atoms with van der Waals surface area (Å²) in [6.07, 6.45) is 0. The molecule has 3 N–H and O–H groups in total. The van der Waals surface area contributed by atoms with Gasteiger partial charge in [-0.3, -0.25) is 4.79 Å². The number of nitrogen functional groups attached to an aromatic ring is 1. The molecule has 1 aliphatic heterocycles. The number of ether oxygens (including phenoxy) is 1. The molecule has 0 spiro atoms. The molecule has 0 saturated heterocycles. The van der Waals surface area contributed by atoms with Crippen LogP contribution >= 0.6 is 23.2 Å². The van der Waals surface area contributed by atoms with Gasteiger partial charge in [0.2, 0.25) is 0 Å².